The Morgan fingerprint density at radius 2 is 0.731 bits per heavy atom. The average Bonchev–Trinajstić information content (AvgIpc) is 2.39. The zero-order valence-corrected chi connectivity index (χ0v) is 38.2. The van der Waals surface area contributed by atoms with Crippen LogP contribution in [0.15, 0.2) is 0 Å². The molecule has 8 radical (unpaired) electrons. The van der Waals surface area contributed by atoms with Crippen molar-refractivity contribution in [3.63, 3.8) is 0 Å². The predicted octanol–water partition coefficient (Wildman–Crippen LogP) is 2.75. The minimum Gasteiger partial charge on any atom is -0.358 e. The molecule has 0 aromatic heterocycles. The second-order valence-corrected chi connectivity index (χ2v) is 2.85. The third-order valence-electron chi connectivity index (χ3n) is 1.30. The molecule has 0 saturated carbocycles. The molecule has 0 saturated heterocycles. The van der Waals surface area contributed by atoms with Crippen LogP contribution in [0, 0.1) is 72.1 Å². The second kappa shape index (κ2) is 69.7. The summed E-state index contributed by atoms with van der Waals surface area (Å²) in [5.74, 6) is 24.2. The van der Waals surface area contributed by atoms with E-state index in [2.05, 4.69) is 61.2 Å². The van der Waals surface area contributed by atoms with Gasteiger partial charge in [0.2, 0.25) is 0 Å². The van der Waals surface area contributed by atoms with Crippen molar-refractivity contribution in [2.24, 2.45) is 0 Å². The smallest absolute Gasteiger partial charge is 0.00957 e. The first-order valence-electron chi connectivity index (χ1n) is 5.62. The molecule has 26 heavy (non-hydrogen) atoms. The van der Waals surface area contributed by atoms with Crippen LogP contribution in [0.25, 0.3) is 0 Å². The van der Waals surface area contributed by atoms with E-state index in [0.29, 0.717) is 0 Å². The standard InChI is InChI=1S/2C9H7.8Y/c2*1-3-5-7-9-8-6-4-2;;;;;;;;/h2*3,5H2,1H3;;;;;;;;/q2*-1;;;;;;;;. The molecular weight excluding hydrogens is 927 g/mol. The van der Waals surface area contributed by atoms with E-state index in [9.17, 15) is 0 Å². The molecule has 0 amide bonds. The summed E-state index contributed by atoms with van der Waals surface area (Å²) in [5, 5.41) is 0. The van der Waals surface area contributed by atoms with Crippen molar-refractivity contribution in [1.29, 1.82) is 0 Å². The van der Waals surface area contributed by atoms with Gasteiger partial charge in [0, 0.05) is 275 Å². The van der Waals surface area contributed by atoms with Crippen molar-refractivity contribution in [3.8, 4) is 59.2 Å². The number of hydrogen-bond donors (Lipinski definition) is 0. The third-order valence-corrected chi connectivity index (χ3v) is 1.30. The van der Waals surface area contributed by atoms with Crippen LogP contribution in [0.2, 0.25) is 0 Å². The van der Waals surface area contributed by atoms with Gasteiger partial charge in [-0.05, 0) is 24.7 Å². The first-order valence-corrected chi connectivity index (χ1v) is 5.62. The van der Waals surface area contributed by atoms with Gasteiger partial charge in [-0.3, -0.25) is 11.8 Å². The van der Waals surface area contributed by atoms with Crippen molar-refractivity contribution in [2.45, 2.75) is 39.5 Å². The van der Waals surface area contributed by atoms with E-state index >= 15 is 0 Å². The summed E-state index contributed by atoms with van der Waals surface area (Å²) in [7, 11) is 0. The van der Waals surface area contributed by atoms with Crippen LogP contribution in [0.5, 0.6) is 0 Å². The Hall–Kier alpha value is 6.19. The molecule has 0 nitrogen and oxygen atoms in total. The number of hydrogen-bond acceptors (Lipinski definition) is 0. The molecule has 0 atom stereocenters. The Morgan fingerprint density at radius 1 is 0.462 bits per heavy atom. The van der Waals surface area contributed by atoms with Crippen LogP contribution < -0.4 is 0 Å². The first kappa shape index (κ1) is 63.6. The fourth-order valence-electron chi connectivity index (χ4n) is 0.588. The molecule has 0 fully saturated rings. The zero-order valence-electron chi connectivity index (χ0n) is 15.4. The number of rotatable bonds is 2. The molecule has 0 aromatic carbocycles. The molecule has 0 bridgehead atoms. The Morgan fingerprint density at radius 3 is 0.923 bits per heavy atom. The van der Waals surface area contributed by atoms with Crippen molar-refractivity contribution < 1.29 is 262 Å². The molecule has 8 heteroatoms. The normalized spacial score (nSPS) is 3.69. The van der Waals surface area contributed by atoms with E-state index in [1.807, 2.05) is 11.8 Å². The quantitative estimate of drug-likeness (QED) is 0.296. The average molecular weight is 942 g/mol. The van der Waals surface area contributed by atoms with Gasteiger partial charge in [0.25, 0.3) is 0 Å². The summed E-state index contributed by atoms with van der Waals surface area (Å²) < 4.78 is 0. The van der Waals surface area contributed by atoms with Crippen LogP contribution in [0.4, 0.5) is 0 Å². The maximum atomic E-state index is 6.39. The number of unbranched alkanes of at least 4 members (excludes halogenated alkanes) is 2. The Bertz CT molecular complexity index is 488. The minimum absolute atomic E-state index is 0. The fourth-order valence-corrected chi connectivity index (χ4v) is 0.588. The topological polar surface area (TPSA) is 0 Å². The van der Waals surface area contributed by atoms with E-state index in [0.717, 1.165) is 25.7 Å². The molecular formula is C18H14Y8-2. The van der Waals surface area contributed by atoms with Crippen molar-refractivity contribution >= 4 is 0 Å². The van der Waals surface area contributed by atoms with Crippen LogP contribution in [0.1, 0.15) is 39.5 Å². The van der Waals surface area contributed by atoms with E-state index in [1.165, 1.54) is 0 Å². The minimum atomic E-state index is 0. The summed E-state index contributed by atoms with van der Waals surface area (Å²) in [6.45, 7) is 4.12. The summed E-state index contributed by atoms with van der Waals surface area (Å²) in [6, 6.07) is 0. The SMILES string of the molecule is [C-]#CC#CC#CCCC.[C-]#CC#CC#CCCC.[Y].[Y].[Y].[Y].[Y].[Y].[Y].[Y]. The van der Waals surface area contributed by atoms with E-state index < -0.39 is 0 Å². The molecule has 0 spiro atoms. The molecule has 0 heterocycles. The summed E-state index contributed by atoms with van der Waals surface area (Å²) >= 11 is 0. The largest absolute Gasteiger partial charge is 0.358 e. The maximum absolute atomic E-state index is 6.39. The maximum Gasteiger partial charge on any atom is 0.00957 e. The first-order chi connectivity index (χ1) is 8.83. The van der Waals surface area contributed by atoms with Gasteiger partial charge in [-0.15, -0.1) is 11.8 Å². The summed E-state index contributed by atoms with van der Waals surface area (Å²) in [5.41, 5.74) is 0. The van der Waals surface area contributed by atoms with Crippen LogP contribution in [0.3, 0.4) is 0 Å². The van der Waals surface area contributed by atoms with Gasteiger partial charge in [-0.25, -0.2) is 11.8 Å². The molecule has 0 N–H and O–H groups in total. The van der Waals surface area contributed by atoms with Gasteiger partial charge >= 0.3 is 0 Å². The van der Waals surface area contributed by atoms with Gasteiger partial charge in [0.15, 0.2) is 0 Å². The van der Waals surface area contributed by atoms with Gasteiger partial charge < -0.3 is 12.8 Å². The molecule has 0 unspecified atom stereocenters. The molecule has 0 aliphatic carbocycles. The van der Waals surface area contributed by atoms with Gasteiger partial charge in [0.05, 0.1) is 0 Å². The second-order valence-electron chi connectivity index (χ2n) is 2.85. The van der Waals surface area contributed by atoms with E-state index in [4.69, 9.17) is 12.8 Å². The van der Waals surface area contributed by atoms with Crippen molar-refractivity contribution in [2.75, 3.05) is 0 Å². The van der Waals surface area contributed by atoms with E-state index in [-0.39, 0.29) is 262 Å². The summed E-state index contributed by atoms with van der Waals surface area (Å²) in [4.78, 5) is 0. The Kier molecular flexibility index (Phi) is 171. The Labute approximate surface area is 363 Å². The summed E-state index contributed by atoms with van der Waals surface area (Å²) in [6.07, 6.45) is 16.7. The van der Waals surface area contributed by atoms with Gasteiger partial charge in [-0.2, -0.15) is 0 Å². The fraction of sp³-hybridized carbons (Fsp3) is 0.333. The molecule has 0 rings (SSSR count). The van der Waals surface area contributed by atoms with Crippen LogP contribution >= 0.6 is 0 Å². The zero-order chi connectivity index (χ0) is 13.9. The van der Waals surface area contributed by atoms with Crippen molar-refractivity contribution in [1.82, 2.24) is 0 Å². The van der Waals surface area contributed by atoms with E-state index in [1.54, 1.807) is 0 Å². The molecule has 0 aliphatic heterocycles. The molecule has 0 aromatic rings. The van der Waals surface area contributed by atoms with Crippen LogP contribution in [-0.2, 0) is 262 Å². The Balaban J connectivity index is -0.0000000188. The van der Waals surface area contributed by atoms with Crippen molar-refractivity contribution in [3.05, 3.63) is 12.8 Å². The molecule has 112 valence electrons. The predicted molar refractivity (Wildman–Crippen MR) is 75.2 cm³/mol. The van der Waals surface area contributed by atoms with Crippen LogP contribution in [-0.4, -0.2) is 0 Å². The molecule has 0 aliphatic rings. The van der Waals surface area contributed by atoms with Gasteiger partial charge in [-0.1, -0.05) is 25.7 Å². The monoisotopic (exact) mass is 941 g/mol. The van der Waals surface area contributed by atoms with Gasteiger partial charge in [0.1, 0.15) is 0 Å². The third kappa shape index (κ3) is 77.7.